The molecular formula is C14H23N3O2. The van der Waals surface area contributed by atoms with Gasteiger partial charge in [0.05, 0.1) is 11.7 Å². The molecule has 5 nitrogen and oxygen atoms in total. The molecule has 0 aliphatic heterocycles. The number of nitrogens with zero attached hydrogens (tertiary/aromatic N) is 2. The summed E-state index contributed by atoms with van der Waals surface area (Å²) in [6.45, 7) is 4.24. The number of rotatable bonds is 6. The molecule has 0 saturated carbocycles. The molecule has 2 atom stereocenters. The van der Waals surface area contributed by atoms with Crippen LogP contribution < -0.4 is 10.2 Å². The Labute approximate surface area is 114 Å². The summed E-state index contributed by atoms with van der Waals surface area (Å²) in [7, 11) is 3.79. The molecule has 0 radical (unpaired) electrons. The normalized spacial score (nSPS) is 13.7. The van der Waals surface area contributed by atoms with Crippen LogP contribution in [0.2, 0.25) is 0 Å². The molecule has 0 aromatic carbocycles. The lowest BCUT2D eigenvalue weighted by atomic mass is 10.0. The molecule has 0 aliphatic rings. The minimum absolute atomic E-state index is 0.176. The van der Waals surface area contributed by atoms with Crippen molar-refractivity contribution >= 4 is 11.7 Å². The molecule has 0 spiro atoms. The molecule has 106 valence electrons. The van der Waals surface area contributed by atoms with Gasteiger partial charge in [0.1, 0.15) is 5.82 Å². The maximum absolute atomic E-state index is 11.9. The van der Waals surface area contributed by atoms with Crippen molar-refractivity contribution in [2.75, 3.05) is 25.5 Å². The molecule has 19 heavy (non-hydrogen) atoms. The SMILES string of the molecule is CCC(C)C(O)CNC(=O)c1ccc(N(C)C)nc1. The summed E-state index contributed by atoms with van der Waals surface area (Å²) >= 11 is 0. The Balaban J connectivity index is 2.54. The quantitative estimate of drug-likeness (QED) is 0.813. The van der Waals surface area contributed by atoms with Crippen LogP contribution in [0, 0.1) is 5.92 Å². The number of amides is 1. The van der Waals surface area contributed by atoms with E-state index >= 15 is 0 Å². The second-order valence-electron chi connectivity index (χ2n) is 4.96. The van der Waals surface area contributed by atoms with E-state index in [2.05, 4.69) is 10.3 Å². The Morgan fingerprint density at radius 1 is 1.47 bits per heavy atom. The van der Waals surface area contributed by atoms with Crippen LogP contribution >= 0.6 is 0 Å². The maximum Gasteiger partial charge on any atom is 0.252 e. The van der Waals surface area contributed by atoms with Gasteiger partial charge in [-0.05, 0) is 18.1 Å². The summed E-state index contributed by atoms with van der Waals surface area (Å²) in [5, 5.41) is 12.5. The van der Waals surface area contributed by atoms with Gasteiger partial charge in [-0.3, -0.25) is 4.79 Å². The third-order valence-corrected chi connectivity index (χ3v) is 3.24. The minimum Gasteiger partial charge on any atom is -0.391 e. The number of hydrogen-bond donors (Lipinski definition) is 2. The predicted molar refractivity (Wildman–Crippen MR) is 76.4 cm³/mol. The number of aliphatic hydroxyl groups is 1. The number of nitrogens with one attached hydrogen (secondary N) is 1. The lowest BCUT2D eigenvalue weighted by Gasteiger charge is -2.17. The van der Waals surface area contributed by atoms with E-state index in [0.717, 1.165) is 12.2 Å². The van der Waals surface area contributed by atoms with Crippen LogP contribution in [0.15, 0.2) is 18.3 Å². The summed E-state index contributed by atoms with van der Waals surface area (Å²) in [6.07, 6.45) is 1.92. The van der Waals surface area contributed by atoms with Gasteiger partial charge in [-0.15, -0.1) is 0 Å². The van der Waals surface area contributed by atoms with E-state index in [-0.39, 0.29) is 18.4 Å². The highest BCUT2D eigenvalue weighted by atomic mass is 16.3. The Hall–Kier alpha value is -1.62. The van der Waals surface area contributed by atoms with Crippen LogP contribution in [0.3, 0.4) is 0 Å². The van der Waals surface area contributed by atoms with E-state index in [1.165, 1.54) is 0 Å². The average Bonchev–Trinajstić information content (AvgIpc) is 2.43. The monoisotopic (exact) mass is 265 g/mol. The lowest BCUT2D eigenvalue weighted by Crippen LogP contribution is -2.35. The van der Waals surface area contributed by atoms with Gasteiger partial charge in [0.2, 0.25) is 0 Å². The zero-order chi connectivity index (χ0) is 14.4. The molecule has 0 saturated heterocycles. The second kappa shape index (κ2) is 7.09. The highest BCUT2D eigenvalue weighted by Gasteiger charge is 2.14. The van der Waals surface area contributed by atoms with Crippen molar-refractivity contribution in [3.63, 3.8) is 0 Å². The van der Waals surface area contributed by atoms with Crippen molar-refractivity contribution < 1.29 is 9.90 Å². The van der Waals surface area contributed by atoms with Gasteiger partial charge in [-0.2, -0.15) is 0 Å². The van der Waals surface area contributed by atoms with Crippen molar-refractivity contribution in [1.29, 1.82) is 0 Å². The van der Waals surface area contributed by atoms with Crippen molar-refractivity contribution in [2.24, 2.45) is 5.92 Å². The zero-order valence-electron chi connectivity index (χ0n) is 12.1. The van der Waals surface area contributed by atoms with Crippen LogP contribution in [0.5, 0.6) is 0 Å². The largest absolute Gasteiger partial charge is 0.391 e. The number of pyridine rings is 1. The summed E-state index contributed by atoms with van der Waals surface area (Å²) < 4.78 is 0. The van der Waals surface area contributed by atoms with E-state index in [9.17, 15) is 9.90 Å². The van der Waals surface area contributed by atoms with Gasteiger partial charge < -0.3 is 15.3 Å². The number of carbonyl (C=O) groups is 1. The van der Waals surface area contributed by atoms with Crippen LogP contribution in [-0.2, 0) is 0 Å². The molecule has 1 aromatic heterocycles. The molecular weight excluding hydrogens is 242 g/mol. The number of aliphatic hydroxyl groups excluding tert-OH is 1. The molecule has 0 fully saturated rings. The van der Waals surface area contributed by atoms with Crippen molar-refractivity contribution in [1.82, 2.24) is 10.3 Å². The molecule has 5 heteroatoms. The summed E-state index contributed by atoms with van der Waals surface area (Å²) in [6, 6.07) is 3.52. The fourth-order valence-corrected chi connectivity index (χ4v) is 1.56. The van der Waals surface area contributed by atoms with Crippen LogP contribution in [0.25, 0.3) is 0 Å². The zero-order valence-corrected chi connectivity index (χ0v) is 12.1. The molecule has 0 aliphatic carbocycles. The highest BCUT2D eigenvalue weighted by molar-refractivity contribution is 5.94. The van der Waals surface area contributed by atoms with Gasteiger partial charge >= 0.3 is 0 Å². The fraction of sp³-hybridized carbons (Fsp3) is 0.571. The van der Waals surface area contributed by atoms with Gasteiger partial charge in [-0.25, -0.2) is 4.98 Å². The number of hydrogen-bond acceptors (Lipinski definition) is 4. The average molecular weight is 265 g/mol. The molecule has 2 N–H and O–H groups in total. The Bertz CT molecular complexity index is 404. The smallest absolute Gasteiger partial charge is 0.252 e. The first-order chi connectivity index (χ1) is 8.95. The maximum atomic E-state index is 11.9. The minimum atomic E-state index is -0.511. The molecule has 1 amide bonds. The van der Waals surface area contributed by atoms with Gasteiger partial charge in [0.15, 0.2) is 0 Å². The highest BCUT2D eigenvalue weighted by Crippen LogP contribution is 2.09. The van der Waals surface area contributed by atoms with Crippen molar-refractivity contribution in [2.45, 2.75) is 26.4 Å². The van der Waals surface area contributed by atoms with Crippen LogP contribution in [0.1, 0.15) is 30.6 Å². The molecule has 2 unspecified atom stereocenters. The summed E-state index contributed by atoms with van der Waals surface area (Å²) in [5.41, 5.74) is 0.502. The van der Waals surface area contributed by atoms with E-state index in [1.807, 2.05) is 32.8 Å². The third kappa shape index (κ3) is 4.52. The first-order valence-electron chi connectivity index (χ1n) is 6.55. The fourth-order valence-electron chi connectivity index (χ4n) is 1.56. The predicted octanol–water partition coefficient (Wildman–Crippen LogP) is 1.28. The molecule has 1 aromatic rings. The Kier molecular flexibility index (Phi) is 5.76. The number of carbonyl (C=O) groups excluding carboxylic acids is 1. The topological polar surface area (TPSA) is 65.5 Å². The van der Waals surface area contributed by atoms with Gasteiger partial charge in [0, 0.05) is 26.8 Å². The molecule has 0 bridgehead atoms. The second-order valence-corrected chi connectivity index (χ2v) is 4.96. The molecule has 1 rings (SSSR count). The van der Waals surface area contributed by atoms with Crippen LogP contribution in [0.4, 0.5) is 5.82 Å². The summed E-state index contributed by atoms with van der Waals surface area (Å²) in [4.78, 5) is 17.9. The lowest BCUT2D eigenvalue weighted by molar-refractivity contribution is 0.0850. The van der Waals surface area contributed by atoms with E-state index in [0.29, 0.717) is 5.56 Å². The van der Waals surface area contributed by atoms with Crippen molar-refractivity contribution in [3.05, 3.63) is 23.9 Å². The standard InChI is InChI=1S/C14H23N3O2/c1-5-10(2)12(18)9-16-14(19)11-6-7-13(15-8-11)17(3)4/h6-8,10,12,18H,5,9H2,1-4H3,(H,16,19). The first-order valence-corrected chi connectivity index (χ1v) is 6.55. The summed E-state index contributed by atoms with van der Waals surface area (Å²) in [5.74, 6) is 0.769. The van der Waals surface area contributed by atoms with Crippen LogP contribution in [-0.4, -0.2) is 42.7 Å². The number of aromatic nitrogens is 1. The van der Waals surface area contributed by atoms with Gasteiger partial charge in [-0.1, -0.05) is 20.3 Å². The van der Waals surface area contributed by atoms with E-state index < -0.39 is 6.10 Å². The van der Waals surface area contributed by atoms with E-state index in [4.69, 9.17) is 0 Å². The van der Waals surface area contributed by atoms with E-state index in [1.54, 1.807) is 18.3 Å². The van der Waals surface area contributed by atoms with Gasteiger partial charge in [0.25, 0.3) is 5.91 Å². The van der Waals surface area contributed by atoms with Crippen molar-refractivity contribution in [3.8, 4) is 0 Å². The molecule has 1 heterocycles. The Morgan fingerprint density at radius 3 is 2.63 bits per heavy atom. The first kappa shape index (κ1) is 15.4. The number of anilines is 1. The third-order valence-electron chi connectivity index (χ3n) is 3.24. The Morgan fingerprint density at radius 2 is 2.16 bits per heavy atom.